The minimum atomic E-state index is -0.382. The molecule has 21 heavy (non-hydrogen) atoms. The van der Waals surface area contributed by atoms with Gasteiger partial charge in [0.1, 0.15) is 11.6 Å². The van der Waals surface area contributed by atoms with Crippen molar-refractivity contribution >= 4 is 11.4 Å². The van der Waals surface area contributed by atoms with Crippen LogP contribution in [0.1, 0.15) is 30.6 Å². The zero-order valence-electron chi connectivity index (χ0n) is 12.5. The maximum Gasteiger partial charge on any atom is 0.269 e. The Labute approximate surface area is 123 Å². The van der Waals surface area contributed by atoms with E-state index in [1.54, 1.807) is 16.8 Å². The van der Waals surface area contributed by atoms with Crippen molar-refractivity contribution in [2.24, 2.45) is 0 Å². The number of aryl methyl sites for hydroxylation is 2. The highest BCUT2D eigenvalue weighted by Crippen LogP contribution is 2.23. The normalized spacial score (nSPS) is 10.6. The number of hydrogen-bond acceptors (Lipinski definition) is 5. The maximum absolute atomic E-state index is 11.0. The molecule has 0 aliphatic rings. The lowest BCUT2D eigenvalue weighted by molar-refractivity contribution is -0.384. The lowest BCUT2D eigenvalue weighted by Crippen LogP contribution is -2.09. The molecule has 0 atom stereocenters. The molecule has 0 unspecified atom stereocenters. The Morgan fingerprint density at radius 1 is 1.38 bits per heavy atom. The third kappa shape index (κ3) is 3.56. The van der Waals surface area contributed by atoms with Gasteiger partial charge in [-0.2, -0.15) is 5.10 Å². The number of nitrogens with one attached hydrogen (secondary N) is 1. The predicted molar refractivity (Wildman–Crippen MR) is 80.5 cm³/mol. The number of nitro benzene ring substituents is 1. The van der Waals surface area contributed by atoms with Gasteiger partial charge in [0.2, 0.25) is 0 Å². The van der Waals surface area contributed by atoms with Gasteiger partial charge in [0.05, 0.1) is 11.5 Å². The second-order valence-electron chi connectivity index (χ2n) is 4.89. The number of nitrogens with zero attached hydrogens (tertiary/aromatic N) is 4. The first-order valence-electron chi connectivity index (χ1n) is 6.90. The molecule has 0 saturated carbocycles. The molecule has 112 valence electrons. The third-order valence-corrected chi connectivity index (χ3v) is 3.15. The number of rotatable bonds is 6. The first-order valence-corrected chi connectivity index (χ1v) is 6.90. The molecule has 0 radical (unpaired) electrons. The monoisotopic (exact) mass is 289 g/mol. The van der Waals surface area contributed by atoms with E-state index in [-0.39, 0.29) is 10.6 Å². The largest absolute Gasteiger partial charge is 0.385 e. The fourth-order valence-electron chi connectivity index (χ4n) is 2.13. The Morgan fingerprint density at radius 2 is 2.14 bits per heavy atom. The standard InChI is InChI=1S/C14H19N5O2/c1-4-7-15-14-6-5-13(19(20)21)8-12(14)9-18-11(3)16-10(2)17-18/h5-6,8,15H,4,7,9H2,1-3H3. The van der Waals surface area contributed by atoms with Crippen LogP contribution in [0.4, 0.5) is 11.4 Å². The van der Waals surface area contributed by atoms with E-state index in [9.17, 15) is 10.1 Å². The van der Waals surface area contributed by atoms with Crippen LogP contribution in [0.3, 0.4) is 0 Å². The highest BCUT2D eigenvalue weighted by molar-refractivity contribution is 5.56. The lowest BCUT2D eigenvalue weighted by Gasteiger charge is -2.12. The van der Waals surface area contributed by atoms with Gasteiger partial charge in [-0.15, -0.1) is 0 Å². The van der Waals surface area contributed by atoms with Crippen LogP contribution >= 0.6 is 0 Å². The summed E-state index contributed by atoms with van der Waals surface area (Å²) in [4.78, 5) is 14.8. The summed E-state index contributed by atoms with van der Waals surface area (Å²) in [6, 6.07) is 4.86. The molecule has 1 aromatic heterocycles. The molecule has 0 fully saturated rings. The summed E-state index contributed by atoms with van der Waals surface area (Å²) in [6.07, 6.45) is 0.984. The van der Waals surface area contributed by atoms with E-state index in [0.29, 0.717) is 12.4 Å². The topological polar surface area (TPSA) is 85.9 Å². The van der Waals surface area contributed by atoms with Crippen LogP contribution < -0.4 is 5.32 Å². The van der Waals surface area contributed by atoms with Gasteiger partial charge in [-0.1, -0.05) is 6.92 Å². The Morgan fingerprint density at radius 3 is 2.71 bits per heavy atom. The van der Waals surface area contributed by atoms with Crippen LogP contribution in [0.25, 0.3) is 0 Å². The molecule has 0 bridgehead atoms. The minimum Gasteiger partial charge on any atom is -0.385 e. The van der Waals surface area contributed by atoms with E-state index in [0.717, 1.165) is 30.0 Å². The lowest BCUT2D eigenvalue weighted by atomic mass is 10.1. The smallest absolute Gasteiger partial charge is 0.269 e. The van der Waals surface area contributed by atoms with Gasteiger partial charge in [-0.25, -0.2) is 9.67 Å². The Hall–Kier alpha value is -2.44. The van der Waals surface area contributed by atoms with Crippen molar-refractivity contribution in [3.8, 4) is 0 Å². The zero-order chi connectivity index (χ0) is 15.4. The Kier molecular flexibility index (Phi) is 4.52. The van der Waals surface area contributed by atoms with Crippen molar-refractivity contribution in [1.82, 2.24) is 14.8 Å². The first-order chi connectivity index (χ1) is 10.0. The number of non-ortho nitro benzene ring substituents is 1. The molecule has 1 aromatic carbocycles. The van der Waals surface area contributed by atoms with Crippen molar-refractivity contribution in [3.63, 3.8) is 0 Å². The number of nitro groups is 1. The number of benzene rings is 1. The molecule has 2 aromatic rings. The fraction of sp³-hybridized carbons (Fsp3) is 0.429. The minimum absolute atomic E-state index is 0.0848. The van der Waals surface area contributed by atoms with Crippen molar-refractivity contribution in [2.45, 2.75) is 33.7 Å². The second kappa shape index (κ2) is 6.34. The fourth-order valence-corrected chi connectivity index (χ4v) is 2.13. The van der Waals surface area contributed by atoms with E-state index < -0.39 is 0 Å². The van der Waals surface area contributed by atoms with Gasteiger partial charge in [0.25, 0.3) is 5.69 Å². The van der Waals surface area contributed by atoms with E-state index in [1.807, 2.05) is 13.8 Å². The molecular weight excluding hydrogens is 270 g/mol. The van der Waals surface area contributed by atoms with Gasteiger partial charge in [-0.3, -0.25) is 10.1 Å². The molecule has 1 heterocycles. The third-order valence-electron chi connectivity index (χ3n) is 3.15. The molecule has 2 rings (SSSR count). The molecular formula is C14H19N5O2. The molecule has 7 heteroatoms. The van der Waals surface area contributed by atoms with Crippen LogP contribution in [0.15, 0.2) is 18.2 Å². The van der Waals surface area contributed by atoms with Crippen molar-refractivity contribution in [1.29, 1.82) is 0 Å². The maximum atomic E-state index is 11.0. The van der Waals surface area contributed by atoms with Crippen molar-refractivity contribution < 1.29 is 4.92 Å². The summed E-state index contributed by atoms with van der Waals surface area (Å²) in [5, 5.41) is 18.6. The molecule has 0 aliphatic carbocycles. The van der Waals surface area contributed by atoms with Gasteiger partial charge >= 0.3 is 0 Å². The van der Waals surface area contributed by atoms with E-state index >= 15 is 0 Å². The highest BCUT2D eigenvalue weighted by atomic mass is 16.6. The molecule has 0 saturated heterocycles. The Balaban J connectivity index is 2.35. The summed E-state index contributed by atoms with van der Waals surface area (Å²) < 4.78 is 1.76. The van der Waals surface area contributed by atoms with Crippen LogP contribution in [0, 0.1) is 24.0 Å². The summed E-state index contributed by atoms with van der Waals surface area (Å²) in [6.45, 7) is 7.05. The first kappa shape index (κ1) is 15.0. The van der Waals surface area contributed by atoms with Gasteiger partial charge < -0.3 is 5.32 Å². The summed E-state index contributed by atoms with van der Waals surface area (Å²) >= 11 is 0. The van der Waals surface area contributed by atoms with Crippen LogP contribution in [0.2, 0.25) is 0 Å². The quantitative estimate of drug-likeness (QED) is 0.652. The second-order valence-corrected chi connectivity index (χ2v) is 4.89. The van der Waals surface area contributed by atoms with Gasteiger partial charge in [-0.05, 0) is 26.3 Å². The van der Waals surface area contributed by atoms with E-state index in [2.05, 4.69) is 22.3 Å². The number of hydrogen-bond donors (Lipinski definition) is 1. The van der Waals surface area contributed by atoms with E-state index in [1.165, 1.54) is 6.07 Å². The van der Waals surface area contributed by atoms with Gasteiger partial charge in [0.15, 0.2) is 0 Å². The SMILES string of the molecule is CCCNc1ccc([N+](=O)[O-])cc1Cn1nc(C)nc1C. The molecule has 1 N–H and O–H groups in total. The van der Waals surface area contributed by atoms with Crippen molar-refractivity contribution in [2.75, 3.05) is 11.9 Å². The van der Waals surface area contributed by atoms with Gasteiger partial charge in [0, 0.05) is 29.9 Å². The predicted octanol–water partition coefficient (Wildman–Crippen LogP) is 2.67. The summed E-state index contributed by atoms with van der Waals surface area (Å²) in [7, 11) is 0. The molecule has 0 amide bonds. The average Bonchev–Trinajstić information content (AvgIpc) is 2.75. The van der Waals surface area contributed by atoms with Crippen LogP contribution in [-0.4, -0.2) is 26.2 Å². The summed E-state index contributed by atoms with van der Waals surface area (Å²) in [5.41, 5.74) is 1.82. The van der Waals surface area contributed by atoms with E-state index in [4.69, 9.17) is 0 Å². The van der Waals surface area contributed by atoms with Crippen LogP contribution in [-0.2, 0) is 6.54 Å². The molecule has 0 spiro atoms. The highest BCUT2D eigenvalue weighted by Gasteiger charge is 2.13. The summed E-state index contributed by atoms with van der Waals surface area (Å²) in [5.74, 6) is 1.49. The van der Waals surface area contributed by atoms with Crippen molar-refractivity contribution in [3.05, 3.63) is 45.5 Å². The zero-order valence-corrected chi connectivity index (χ0v) is 12.5. The van der Waals surface area contributed by atoms with Crippen LogP contribution in [0.5, 0.6) is 0 Å². The molecule has 0 aliphatic heterocycles. The number of aromatic nitrogens is 3. The average molecular weight is 289 g/mol. The Bertz CT molecular complexity index is 651. The molecule has 7 nitrogen and oxygen atoms in total. The number of anilines is 1.